The second-order valence-electron chi connectivity index (χ2n) is 16.9. The normalized spacial score (nSPS) is 13.7. The number of thioether (sulfide) groups is 3. The highest BCUT2D eigenvalue weighted by atomic mass is 35.5. The highest BCUT2D eigenvalue weighted by Gasteiger charge is 2.25. The Morgan fingerprint density at radius 2 is 0.886 bits per heavy atom. The molecular formula is C52H86ClF3N4O4S6. The Balaban J connectivity index is 0.00000158. The van der Waals surface area contributed by atoms with Crippen molar-refractivity contribution in [1.82, 2.24) is 21.3 Å². The van der Waals surface area contributed by atoms with Gasteiger partial charge in [0, 0.05) is 64.4 Å². The predicted octanol–water partition coefficient (Wildman–Crippen LogP) is 12.2. The van der Waals surface area contributed by atoms with Gasteiger partial charge in [0.1, 0.15) is 17.2 Å². The van der Waals surface area contributed by atoms with E-state index < -0.39 is 12.5 Å². The van der Waals surface area contributed by atoms with Crippen LogP contribution in [0.15, 0.2) is 72.8 Å². The summed E-state index contributed by atoms with van der Waals surface area (Å²) in [5.41, 5.74) is 4.06. The van der Waals surface area contributed by atoms with E-state index in [4.69, 9.17) is 19.0 Å². The van der Waals surface area contributed by atoms with E-state index in [1.54, 1.807) is 21.3 Å². The van der Waals surface area contributed by atoms with Gasteiger partial charge in [0.05, 0.1) is 21.3 Å². The number of hydrogen-bond donors (Lipinski definition) is 7. The molecule has 6 atom stereocenters. The molecular weight excluding hydrogens is 1030 g/mol. The van der Waals surface area contributed by atoms with Crippen LogP contribution >= 0.6 is 85.6 Å². The average Bonchev–Trinajstić information content (AvgIpc) is 3.37. The molecule has 0 fully saturated rings. The van der Waals surface area contributed by atoms with Crippen molar-refractivity contribution in [1.29, 1.82) is 0 Å². The Bertz CT molecular complexity index is 1660. The second kappa shape index (κ2) is 44.1. The van der Waals surface area contributed by atoms with Crippen molar-refractivity contribution < 1.29 is 32.2 Å². The van der Waals surface area contributed by atoms with Gasteiger partial charge in [-0.3, -0.25) is 4.79 Å². The first-order valence-corrected chi connectivity index (χ1v) is 29.5. The number of halogens is 4. The molecule has 0 bridgehead atoms. The zero-order valence-electron chi connectivity index (χ0n) is 42.6. The molecule has 0 radical (unpaired) electrons. The first-order chi connectivity index (χ1) is 33.3. The molecule has 3 aromatic rings. The third-order valence-corrected chi connectivity index (χ3v) is 16.4. The van der Waals surface area contributed by atoms with Gasteiger partial charge < -0.3 is 35.5 Å². The Kier molecular flexibility index (Phi) is 43.3. The van der Waals surface area contributed by atoms with Crippen LogP contribution in [0, 0.1) is 11.8 Å². The highest BCUT2D eigenvalue weighted by molar-refractivity contribution is 7.99. The number of aldehydes is 1. The van der Waals surface area contributed by atoms with E-state index >= 15 is 0 Å². The molecule has 0 saturated heterocycles. The molecule has 0 aliphatic heterocycles. The number of thiol groups is 3. The molecule has 3 rings (SSSR count). The van der Waals surface area contributed by atoms with Crippen molar-refractivity contribution in [2.45, 2.75) is 113 Å². The summed E-state index contributed by atoms with van der Waals surface area (Å²) in [5.74, 6) is 13.3. The standard InChI is InChI=1S/C37H54N2O3S3.C13H30N2S3.C2HF3O.ClH/c1-6-7-34(28-45-25-31-13-20-37(42-5)21-14-31)39-22-32(26-43-23-29-9-16-35(40-3)17-10-29)8-15-33(38-2)27-44-24-30-11-18-36(41-4)19-12-30;1-3-4-13(10-18)15-7-11(8-16)5-6-12(9-17)14-2;3-2(4,5)1-6;/h9-14,16-21,32-34,38-39H,6-8,15,22-28H2,1-5H3;11-18H,3-10H2,1-2H3;1H;1H/t32-,33-,34-;11-,12-,13-;;/m11../s1. The molecule has 402 valence electrons. The Morgan fingerprint density at radius 3 is 1.26 bits per heavy atom. The monoisotopic (exact) mass is 1110 g/mol. The minimum absolute atomic E-state index is 0. The lowest BCUT2D eigenvalue weighted by atomic mass is 10.0. The molecule has 18 heteroatoms. The molecule has 0 aliphatic rings. The van der Waals surface area contributed by atoms with Crippen molar-refractivity contribution in [2.24, 2.45) is 11.8 Å². The van der Waals surface area contributed by atoms with Crippen molar-refractivity contribution in [3.05, 3.63) is 89.5 Å². The first-order valence-electron chi connectivity index (χ1n) is 24.1. The molecule has 0 amide bonds. The number of benzene rings is 3. The van der Waals surface area contributed by atoms with Gasteiger partial charge in [-0.15, -0.1) is 12.4 Å². The summed E-state index contributed by atoms with van der Waals surface area (Å²) in [4.78, 5) is 8.70. The number of rotatable bonds is 36. The summed E-state index contributed by atoms with van der Waals surface area (Å²) >= 11 is 19.3. The first kappa shape index (κ1) is 68.8. The van der Waals surface area contributed by atoms with Gasteiger partial charge >= 0.3 is 6.18 Å². The minimum atomic E-state index is -4.64. The van der Waals surface area contributed by atoms with E-state index in [0.29, 0.717) is 36.0 Å². The molecule has 0 heterocycles. The number of methoxy groups -OCH3 is 3. The van der Waals surface area contributed by atoms with E-state index in [1.165, 1.54) is 68.1 Å². The lowest BCUT2D eigenvalue weighted by Crippen LogP contribution is -2.37. The van der Waals surface area contributed by atoms with Crippen LogP contribution in [0.3, 0.4) is 0 Å². The van der Waals surface area contributed by atoms with Crippen LogP contribution in [0.2, 0.25) is 0 Å². The SMILES string of the molecule is CCC[C@H](CS)NC[C@H](CS)CC[C@H](CS)NC.CCC[C@H](CSCc1ccc(OC)cc1)NC[C@@H](CC[C@H](CSCc1ccc(OC)cc1)NC)CSCc1ccc(OC)cc1.Cl.O=CC(F)(F)F. The lowest BCUT2D eigenvalue weighted by molar-refractivity contribution is -0.156. The van der Waals surface area contributed by atoms with Gasteiger partial charge in [0.15, 0.2) is 0 Å². The molecule has 70 heavy (non-hydrogen) atoms. The van der Waals surface area contributed by atoms with E-state index in [2.05, 4.69) is 165 Å². The summed E-state index contributed by atoms with van der Waals surface area (Å²) in [6, 6.07) is 27.5. The Hall–Kier alpha value is -1.25. The van der Waals surface area contributed by atoms with Crippen molar-refractivity contribution in [2.75, 3.05) is 83.0 Å². The molecule has 3 aromatic carbocycles. The molecule has 4 N–H and O–H groups in total. The third kappa shape index (κ3) is 34.3. The van der Waals surface area contributed by atoms with E-state index in [9.17, 15) is 13.2 Å². The molecule has 0 spiro atoms. The van der Waals surface area contributed by atoms with Gasteiger partial charge in [-0.05, 0) is 142 Å². The summed E-state index contributed by atoms with van der Waals surface area (Å²) in [6.07, 6.45) is 3.91. The lowest BCUT2D eigenvalue weighted by Gasteiger charge is -2.25. The average molecular weight is 1120 g/mol. The topological polar surface area (TPSA) is 92.9 Å². The maximum atomic E-state index is 10.4. The van der Waals surface area contributed by atoms with Gasteiger partial charge in [-0.2, -0.15) is 86.3 Å². The van der Waals surface area contributed by atoms with Crippen LogP contribution in [-0.4, -0.2) is 120 Å². The summed E-state index contributed by atoms with van der Waals surface area (Å²) < 4.78 is 47.2. The molecule has 8 nitrogen and oxygen atoms in total. The largest absolute Gasteiger partial charge is 0.497 e. The zero-order valence-corrected chi connectivity index (χ0v) is 48.6. The van der Waals surface area contributed by atoms with Crippen molar-refractivity contribution in [3.63, 3.8) is 0 Å². The Labute approximate surface area is 456 Å². The van der Waals surface area contributed by atoms with E-state index in [1.807, 2.05) is 30.6 Å². The smallest absolute Gasteiger partial charge is 0.446 e. The van der Waals surface area contributed by atoms with Crippen LogP contribution < -0.4 is 35.5 Å². The Morgan fingerprint density at radius 1 is 0.529 bits per heavy atom. The van der Waals surface area contributed by atoms with Crippen molar-refractivity contribution >= 4 is 91.9 Å². The minimum Gasteiger partial charge on any atom is -0.497 e. The fraction of sp³-hybridized carbons (Fsp3) is 0.635. The number of carbonyl (C=O) groups excluding carboxylic acids is 1. The zero-order chi connectivity index (χ0) is 51.1. The van der Waals surface area contributed by atoms with Gasteiger partial charge in [0.25, 0.3) is 0 Å². The number of carbonyl (C=O) groups is 1. The quantitative estimate of drug-likeness (QED) is 0.0224. The van der Waals surface area contributed by atoms with Crippen LogP contribution in [0.4, 0.5) is 13.2 Å². The second-order valence-corrected chi connectivity index (χ2v) is 21.1. The van der Waals surface area contributed by atoms with Gasteiger partial charge in [-0.25, -0.2) is 0 Å². The van der Waals surface area contributed by atoms with Crippen LogP contribution in [0.5, 0.6) is 17.2 Å². The molecule has 0 aliphatic carbocycles. The highest BCUT2D eigenvalue weighted by Crippen LogP contribution is 2.24. The number of nitrogens with one attached hydrogen (secondary N) is 4. The van der Waals surface area contributed by atoms with Crippen molar-refractivity contribution in [3.8, 4) is 17.2 Å². The molecule has 0 aromatic heterocycles. The maximum absolute atomic E-state index is 10.4. The van der Waals surface area contributed by atoms with Gasteiger partial charge in [-0.1, -0.05) is 63.1 Å². The number of ether oxygens (including phenoxy) is 3. The van der Waals surface area contributed by atoms with Crippen LogP contribution in [-0.2, 0) is 22.1 Å². The van der Waals surface area contributed by atoms with Gasteiger partial charge in [0.2, 0.25) is 6.29 Å². The fourth-order valence-electron chi connectivity index (χ4n) is 7.03. The van der Waals surface area contributed by atoms with Crippen LogP contribution in [0.1, 0.15) is 81.9 Å². The fourth-order valence-corrected chi connectivity index (χ4v) is 11.5. The molecule has 0 saturated carbocycles. The number of hydrogen-bond acceptors (Lipinski definition) is 14. The molecule has 0 unspecified atom stereocenters. The maximum Gasteiger partial charge on any atom is 0.446 e. The van der Waals surface area contributed by atoms with Crippen LogP contribution in [0.25, 0.3) is 0 Å². The summed E-state index contributed by atoms with van der Waals surface area (Å²) in [5, 5.41) is 14.5. The predicted molar refractivity (Wildman–Crippen MR) is 313 cm³/mol. The van der Waals surface area contributed by atoms with E-state index in [-0.39, 0.29) is 12.4 Å². The van der Waals surface area contributed by atoms with E-state index in [0.717, 1.165) is 82.1 Å². The third-order valence-electron chi connectivity index (χ3n) is 11.4. The summed E-state index contributed by atoms with van der Waals surface area (Å²) in [6.45, 7) is 6.64. The number of alkyl halides is 3. The summed E-state index contributed by atoms with van der Waals surface area (Å²) in [7, 11) is 9.28.